The molecule has 0 saturated carbocycles. The van der Waals surface area contributed by atoms with Gasteiger partial charge in [-0.1, -0.05) is 6.07 Å². The topological polar surface area (TPSA) is 75.5 Å². The van der Waals surface area contributed by atoms with Gasteiger partial charge in [0.2, 0.25) is 6.79 Å². The van der Waals surface area contributed by atoms with Crippen molar-refractivity contribution in [3.63, 3.8) is 0 Å². The van der Waals surface area contributed by atoms with Crippen molar-refractivity contribution in [3.8, 4) is 17.6 Å². The van der Waals surface area contributed by atoms with Gasteiger partial charge in [-0.3, -0.25) is 9.78 Å². The van der Waals surface area contributed by atoms with Crippen LogP contribution in [0, 0.1) is 11.3 Å². The first-order valence-corrected chi connectivity index (χ1v) is 7.22. The van der Waals surface area contributed by atoms with Crippen molar-refractivity contribution >= 4 is 5.91 Å². The summed E-state index contributed by atoms with van der Waals surface area (Å²) in [5, 5.41) is 8.82. The van der Waals surface area contributed by atoms with Crippen molar-refractivity contribution < 1.29 is 14.3 Å². The van der Waals surface area contributed by atoms with Crippen molar-refractivity contribution in [2.75, 3.05) is 13.3 Å². The summed E-state index contributed by atoms with van der Waals surface area (Å²) in [4.78, 5) is 18.4. The number of hydrogen-bond donors (Lipinski definition) is 0. The molecule has 1 aliphatic heterocycles. The van der Waals surface area contributed by atoms with E-state index in [1.165, 1.54) is 0 Å². The summed E-state index contributed by atoms with van der Waals surface area (Å²) in [6.07, 6.45) is 3.67. The quantitative estimate of drug-likeness (QED) is 0.847. The van der Waals surface area contributed by atoms with Crippen LogP contribution < -0.4 is 9.47 Å². The SMILES string of the molecule is N#CCCN(Cc1cccnc1)C(=O)c1ccc2c(c1)OCO2. The molecule has 0 N–H and O–H groups in total. The lowest BCUT2D eigenvalue weighted by molar-refractivity contribution is 0.0746. The molecule has 0 bridgehead atoms. The Morgan fingerprint density at radius 2 is 2.17 bits per heavy atom. The monoisotopic (exact) mass is 309 g/mol. The summed E-state index contributed by atoms with van der Waals surface area (Å²) >= 11 is 0. The molecular formula is C17H15N3O3. The van der Waals surface area contributed by atoms with Crippen LogP contribution in [0.1, 0.15) is 22.3 Å². The number of ether oxygens (including phenoxy) is 2. The highest BCUT2D eigenvalue weighted by molar-refractivity contribution is 5.95. The molecule has 2 heterocycles. The fraction of sp³-hybridized carbons (Fsp3) is 0.235. The number of amides is 1. The molecule has 1 aromatic carbocycles. The van der Waals surface area contributed by atoms with Gasteiger partial charge in [-0.05, 0) is 29.8 Å². The molecule has 0 fully saturated rings. The Kier molecular flexibility index (Phi) is 4.39. The number of nitrogens with zero attached hydrogens (tertiary/aromatic N) is 3. The first-order chi connectivity index (χ1) is 11.3. The van der Waals surface area contributed by atoms with Gasteiger partial charge in [0.1, 0.15) is 0 Å². The van der Waals surface area contributed by atoms with Crippen LogP contribution >= 0.6 is 0 Å². The molecule has 0 unspecified atom stereocenters. The molecule has 0 aliphatic carbocycles. The Bertz CT molecular complexity index is 740. The van der Waals surface area contributed by atoms with Gasteiger partial charge in [0.15, 0.2) is 11.5 Å². The van der Waals surface area contributed by atoms with E-state index in [1.807, 2.05) is 12.1 Å². The fourth-order valence-electron chi connectivity index (χ4n) is 2.36. The third-order valence-electron chi connectivity index (χ3n) is 3.50. The van der Waals surface area contributed by atoms with Gasteiger partial charge < -0.3 is 14.4 Å². The smallest absolute Gasteiger partial charge is 0.254 e. The van der Waals surface area contributed by atoms with Gasteiger partial charge >= 0.3 is 0 Å². The molecule has 0 spiro atoms. The number of fused-ring (bicyclic) bond motifs is 1. The summed E-state index contributed by atoms with van der Waals surface area (Å²) in [5.41, 5.74) is 1.43. The predicted octanol–water partition coefficient (Wildman–Crippen LogP) is 2.37. The number of hydrogen-bond acceptors (Lipinski definition) is 5. The minimum Gasteiger partial charge on any atom is -0.454 e. The summed E-state index contributed by atoms with van der Waals surface area (Å²) in [6.45, 7) is 0.933. The Hall–Kier alpha value is -3.07. The molecule has 6 nitrogen and oxygen atoms in total. The second-order valence-corrected chi connectivity index (χ2v) is 5.06. The average Bonchev–Trinajstić information content (AvgIpc) is 3.06. The highest BCUT2D eigenvalue weighted by atomic mass is 16.7. The Balaban J connectivity index is 1.81. The third kappa shape index (κ3) is 3.40. The predicted molar refractivity (Wildman–Crippen MR) is 81.8 cm³/mol. The maximum absolute atomic E-state index is 12.8. The van der Waals surface area contributed by atoms with Crippen LogP contribution in [-0.4, -0.2) is 29.1 Å². The van der Waals surface area contributed by atoms with Crippen LogP contribution in [0.5, 0.6) is 11.5 Å². The van der Waals surface area contributed by atoms with E-state index in [2.05, 4.69) is 11.1 Å². The van der Waals surface area contributed by atoms with E-state index in [9.17, 15) is 4.79 Å². The van der Waals surface area contributed by atoms with Crippen LogP contribution in [0.25, 0.3) is 0 Å². The Morgan fingerprint density at radius 3 is 2.96 bits per heavy atom. The number of aromatic nitrogens is 1. The second-order valence-electron chi connectivity index (χ2n) is 5.06. The normalized spacial score (nSPS) is 11.8. The molecular weight excluding hydrogens is 294 g/mol. The Labute approximate surface area is 133 Å². The van der Waals surface area contributed by atoms with Crippen molar-refractivity contribution in [2.45, 2.75) is 13.0 Å². The molecule has 0 atom stereocenters. The van der Waals surface area contributed by atoms with Gasteiger partial charge in [0.25, 0.3) is 5.91 Å². The van der Waals surface area contributed by atoms with E-state index in [0.717, 1.165) is 5.56 Å². The molecule has 0 radical (unpaired) electrons. The van der Waals surface area contributed by atoms with E-state index < -0.39 is 0 Å². The van der Waals surface area contributed by atoms with Crippen molar-refractivity contribution in [1.29, 1.82) is 5.26 Å². The average molecular weight is 309 g/mol. The van der Waals surface area contributed by atoms with Crippen molar-refractivity contribution in [1.82, 2.24) is 9.88 Å². The molecule has 0 saturated heterocycles. The minimum absolute atomic E-state index is 0.151. The van der Waals surface area contributed by atoms with E-state index in [0.29, 0.717) is 30.2 Å². The molecule has 1 aliphatic rings. The van der Waals surface area contributed by atoms with Crippen LogP contribution in [0.15, 0.2) is 42.7 Å². The number of rotatable bonds is 5. The lowest BCUT2D eigenvalue weighted by atomic mass is 10.1. The van der Waals surface area contributed by atoms with Crippen molar-refractivity contribution in [3.05, 3.63) is 53.9 Å². The molecule has 1 aromatic heterocycles. The largest absolute Gasteiger partial charge is 0.454 e. The van der Waals surface area contributed by atoms with Crippen LogP contribution in [0.2, 0.25) is 0 Å². The lowest BCUT2D eigenvalue weighted by Crippen LogP contribution is -2.31. The maximum Gasteiger partial charge on any atom is 0.254 e. The van der Waals surface area contributed by atoms with E-state index in [-0.39, 0.29) is 19.1 Å². The van der Waals surface area contributed by atoms with Gasteiger partial charge in [-0.2, -0.15) is 5.26 Å². The van der Waals surface area contributed by atoms with E-state index >= 15 is 0 Å². The lowest BCUT2D eigenvalue weighted by Gasteiger charge is -2.21. The standard InChI is InChI=1S/C17H15N3O3/c18-6-2-8-20(11-13-3-1-7-19-10-13)17(21)14-4-5-15-16(9-14)23-12-22-15/h1,3-5,7,9-10H,2,8,11-12H2. The van der Waals surface area contributed by atoms with Gasteiger partial charge in [-0.25, -0.2) is 0 Å². The van der Waals surface area contributed by atoms with Gasteiger partial charge in [-0.15, -0.1) is 0 Å². The zero-order chi connectivity index (χ0) is 16.1. The highest BCUT2D eigenvalue weighted by Gasteiger charge is 2.20. The summed E-state index contributed by atoms with van der Waals surface area (Å²) in [6, 6.07) is 10.9. The molecule has 23 heavy (non-hydrogen) atoms. The number of pyridine rings is 1. The molecule has 2 aromatic rings. The molecule has 6 heteroatoms. The molecule has 116 valence electrons. The van der Waals surface area contributed by atoms with Crippen LogP contribution in [0.3, 0.4) is 0 Å². The minimum atomic E-state index is -0.151. The number of nitriles is 1. The first-order valence-electron chi connectivity index (χ1n) is 7.22. The molecule has 3 rings (SSSR count). The zero-order valence-corrected chi connectivity index (χ0v) is 12.4. The van der Waals surface area contributed by atoms with E-state index in [1.54, 1.807) is 35.5 Å². The second kappa shape index (κ2) is 6.79. The first kappa shape index (κ1) is 14.9. The third-order valence-corrected chi connectivity index (χ3v) is 3.50. The van der Waals surface area contributed by atoms with E-state index in [4.69, 9.17) is 14.7 Å². The molecule has 1 amide bonds. The summed E-state index contributed by atoms with van der Waals surface area (Å²) in [7, 11) is 0. The zero-order valence-electron chi connectivity index (χ0n) is 12.4. The van der Waals surface area contributed by atoms with Gasteiger partial charge in [0.05, 0.1) is 12.5 Å². The summed E-state index contributed by atoms with van der Waals surface area (Å²) < 4.78 is 10.6. The van der Waals surface area contributed by atoms with Crippen LogP contribution in [0.4, 0.5) is 0 Å². The summed E-state index contributed by atoms with van der Waals surface area (Å²) in [5.74, 6) is 1.05. The number of carbonyl (C=O) groups excluding carboxylic acids is 1. The Morgan fingerprint density at radius 1 is 1.30 bits per heavy atom. The van der Waals surface area contributed by atoms with Crippen molar-refractivity contribution in [2.24, 2.45) is 0 Å². The van der Waals surface area contributed by atoms with Gasteiger partial charge in [0, 0.05) is 31.0 Å². The number of benzene rings is 1. The number of carbonyl (C=O) groups is 1. The van der Waals surface area contributed by atoms with Crippen LogP contribution in [-0.2, 0) is 6.54 Å². The maximum atomic E-state index is 12.8. The highest BCUT2D eigenvalue weighted by Crippen LogP contribution is 2.32. The fourth-order valence-corrected chi connectivity index (χ4v) is 2.36.